The van der Waals surface area contributed by atoms with E-state index in [9.17, 15) is 4.79 Å². The van der Waals surface area contributed by atoms with Gasteiger partial charge in [-0.1, -0.05) is 50.3 Å². The second-order valence-corrected chi connectivity index (χ2v) is 9.07. The third kappa shape index (κ3) is 5.11. The summed E-state index contributed by atoms with van der Waals surface area (Å²) < 4.78 is 11.4. The van der Waals surface area contributed by atoms with Crippen LogP contribution in [0.1, 0.15) is 61.2 Å². The number of ether oxygens (including phenoxy) is 2. The lowest BCUT2D eigenvalue weighted by Gasteiger charge is -2.32. The number of hydrogen-bond acceptors (Lipinski definition) is 4. The highest BCUT2D eigenvalue weighted by molar-refractivity contribution is 5.90. The van der Waals surface area contributed by atoms with Gasteiger partial charge in [0.2, 0.25) is 0 Å². The van der Waals surface area contributed by atoms with Gasteiger partial charge in [0.1, 0.15) is 12.4 Å². The van der Waals surface area contributed by atoms with E-state index in [0.29, 0.717) is 18.8 Å². The average Bonchev–Trinajstić information content (AvgIpc) is 2.82. The fraction of sp³-hybridized carbons (Fsp3) is 0.276. The minimum Gasteiger partial charge on any atom is -0.487 e. The minimum atomic E-state index is -0.312. The van der Waals surface area contributed by atoms with E-state index in [1.807, 2.05) is 30.3 Å². The molecule has 3 aromatic carbocycles. The molecule has 0 atom stereocenters. The Balaban J connectivity index is 1.67. The van der Waals surface area contributed by atoms with E-state index in [0.717, 1.165) is 29.1 Å². The molecule has 0 aliphatic heterocycles. The fourth-order valence-corrected chi connectivity index (χ4v) is 4.11. The van der Waals surface area contributed by atoms with Crippen LogP contribution in [0.15, 0.2) is 72.8 Å². The van der Waals surface area contributed by atoms with Crippen molar-refractivity contribution in [2.45, 2.75) is 46.1 Å². The number of esters is 1. The predicted molar refractivity (Wildman–Crippen MR) is 134 cm³/mol. The van der Waals surface area contributed by atoms with E-state index in [4.69, 9.17) is 9.47 Å². The molecule has 0 bridgehead atoms. The van der Waals surface area contributed by atoms with E-state index >= 15 is 0 Å². The molecule has 1 aliphatic carbocycles. The molecule has 0 saturated heterocycles. The minimum absolute atomic E-state index is 0.0412. The van der Waals surface area contributed by atoms with Crippen molar-refractivity contribution < 1.29 is 14.3 Å². The van der Waals surface area contributed by atoms with Crippen LogP contribution in [0.5, 0.6) is 5.75 Å². The predicted octanol–water partition coefficient (Wildman–Crippen LogP) is 7.27. The van der Waals surface area contributed by atoms with E-state index in [-0.39, 0.29) is 11.4 Å². The fourth-order valence-electron chi connectivity index (χ4n) is 4.11. The van der Waals surface area contributed by atoms with Gasteiger partial charge >= 0.3 is 5.97 Å². The molecule has 0 unspecified atom stereocenters. The molecular weight excluding hydrogens is 410 g/mol. The lowest BCUT2D eigenvalue weighted by atomic mass is 9.73. The maximum absolute atomic E-state index is 12.0. The smallest absolute Gasteiger partial charge is 0.338 e. The zero-order chi connectivity index (χ0) is 23.4. The Kier molecular flexibility index (Phi) is 6.55. The SMILES string of the molecule is CCOC(=O)c1ccc(Nc2cc3c(cc2OCc2ccccc2)C(C)(C)CC=C3C)cc1. The molecule has 3 aromatic rings. The van der Waals surface area contributed by atoms with Gasteiger partial charge in [0.25, 0.3) is 0 Å². The van der Waals surface area contributed by atoms with Gasteiger partial charge in [-0.25, -0.2) is 4.79 Å². The van der Waals surface area contributed by atoms with Crippen LogP contribution in [0.25, 0.3) is 5.57 Å². The van der Waals surface area contributed by atoms with Crippen LogP contribution in [-0.4, -0.2) is 12.6 Å². The van der Waals surface area contributed by atoms with E-state index < -0.39 is 0 Å². The normalized spacial score (nSPS) is 14.1. The summed E-state index contributed by atoms with van der Waals surface area (Å²) in [5.74, 6) is 0.502. The number of fused-ring (bicyclic) bond motifs is 1. The molecule has 0 amide bonds. The summed E-state index contributed by atoms with van der Waals surface area (Å²) in [7, 11) is 0. The van der Waals surface area contributed by atoms with E-state index in [2.05, 4.69) is 56.4 Å². The molecule has 4 nitrogen and oxygen atoms in total. The summed E-state index contributed by atoms with van der Waals surface area (Å²) in [5.41, 5.74) is 7.30. The number of rotatable bonds is 7. The molecule has 0 heterocycles. The molecule has 0 radical (unpaired) electrons. The summed E-state index contributed by atoms with van der Waals surface area (Å²) in [5, 5.41) is 3.50. The topological polar surface area (TPSA) is 47.6 Å². The van der Waals surface area contributed by atoms with Gasteiger partial charge in [-0.2, -0.15) is 0 Å². The van der Waals surface area contributed by atoms with Crippen LogP contribution in [0.3, 0.4) is 0 Å². The Morgan fingerprint density at radius 2 is 1.76 bits per heavy atom. The van der Waals surface area contributed by atoms with Gasteiger partial charge in [-0.15, -0.1) is 0 Å². The summed E-state index contributed by atoms with van der Waals surface area (Å²) in [6.45, 7) is 9.37. The van der Waals surface area contributed by atoms with E-state index in [1.165, 1.54) is 16.7 Å². The van der Waals surface area contributed by atoms with Crippen molar-refractivity contribution >= 4 is 22.9 Å². The molecule has 1 N–H and O–H groups in total. The number of carbonyl (C=O) groups excluding carboxylic acids is 1. The maximum atomic E-state index is 12.0. The average molecular weight is 442 g/mol. The van der Waals surface area contributed by atoms with Crippen molar-refractivity contribution in [1.29, 1.82) is 0 Å². The molecule has 0 aromatic heterocycles. The second-order valence-electron chi connectivity index (χ2n) is 9.07. The van der Waals surface area contributed by atoms with Crippen LogP contribution < -0.4 is 10.1 Å². The van der Waals surface area contributed by atoms with Crippen molar-refractivity contribution in [2.75, 3.05) is 11.9 Å². The highest BCUT2D eigenvalue weighted by Gasteiger charge is 2.28. The molecule has 0 fully saturated rings. The van der Waals surface area contributed by atoms with Gasteiger partial charge < -0.3 is 14.8 Å². The number of benzene rings is 3. The van der Waals surface area contributed by atoms with E-state index in [1.54, 1.807) is 19.1 Å². The largest absolute Gasteiger partial charge is 0.487 e. The Labute approximate surface area is 196 Å². The Morgan fingerprint density at radius 1 is 1.03 bits per heavy atom. The summed E-state index contributed by atoms with van der Waals surface area (Å²) in [6.07, 6.45) is 3.32. The van der Waals surface area contributed by atoms with Crippen molar-refractivity contribution in [2.24, 2.45) is 0 Å². The number of carbonyl (C=O) groups is 1. The number of hydrogen-bond donors (Lipinski definition) is 1. The third-order valence-electron chi connectivity index (χ3n) is 6.10. The molecular formula is C29H31NO3. The van der Waals surface area contributed by atoms with Gasteiger partial charge in [0.05, 0.1) is 17.9 Å². The maximum Gasteiger partial charge on any atom is 0.338 e. The van der Waals surface area contributed by atoms with Crippen molar-refractivity contribution in [3.63, 3.8) is 0 Å². The quantitative estimate of drug-likeness (QED) is 0.392. The molecule has 4 heteroatoms. The Morgan fingerprint density at radius 3 is 2.45 bits per heavy atom. The zero-order valence-electron chi connectivity index (χ0n) is 19.8. The molecule has 0 saturated carbocycles. The summed E-state index contributed by atoms with van der Waals surface area (Å²) in [4.78, 5) is 12.0. The van der Waals surface area contributed by atoms with Crippen molar-refractivity contribution in [3.8, 4) is 5.75 Å². The first-order valence-electron chi connectivity index (χ1n) is 11.4. The molecule has 170 valence electrons. The second kappa shape index (κ2) is 9.53. The van der Waals surface area contributed by atoms with Gasteiger partial charge in [-0.3, -0.25) is 0 Å². The van der Waals surface area contributed by atoms with Crippen LogP contribution >= 0.6 is 0 Å². The number of allylic oxidation sites excluding steroid dienone is 2. The first-order chi connectivity index (χ1) is 15.9. The number of nitrogens with one attached hydrogen (secondary N) is 1. The standard InChI is InChI=1S/C29H31NO3/c1-5-32-28(31)22-11-13-23(14-12-22)30-26-17-24-20(2)15-16-29(3,4)25(24)18-27(26)33-19-21-9-7-6-8-10-21/h6-15,17-18,30H,5,16,19H2,1-4H3. The van der Waals surface area contributed by atoms with Crippen LogP contribution in [0.4, 0.5) is 11.4 Å². The highest BCUT2D eigenvalue weighted by atomic mass is 16.5. The van der Waals surface area contributed by atoms with Gasteiger partial charge in [0, 0.05) is 5.69 Å². The molecule has 4 rings (SSSR count). The van der Waals surface area contributed by atoms with Crippen LogP contribution in [-0.2, 0) is 16.8 Å². The number of anilines is 2. The van der Waals surface area contributed by atoms with Crippen molar-refractivity contribution in [3.05, 3.63) is 95.1 Å². The molecule has 33 heavy (non-hydrogen) atoms. The molecule has 0 spiro atoms. The van der Waals surface area contributed by atoms with Crippen molar-refractivity contribution in [1.82, 2.24) is 0 Å². The van der Waals surface area contributed by atoms with Crippen LogP contribution in [0.2, 0.25) is 0 Å². The Bertz CT molecular complexity index is 1160. The van der Waals surface area contributed by atoms with Gasteiger partial charge in [-0.05, 0) is 84.3 Å². The Hall–Kier alpha value is -3.53. The van der Waals surface area contributed by atoms with Gasteiger partial charge in [0.15, 0.2) is 0 Å². The lowest BCUT2D eigenvalue weighted by molar-refractivity contribution is 0.0526. The molecule has 1 aliphatic rings. The monoisotopic (exact) mass is 441 g/mol. The first-order valence-corrected chi connectivity index (χ1v) is 11.4. The lowest BCUT2D eigenvalue weighted by Crippen LogP contribution is -2.21. The zero-order valence-corrected chi connectivity index (χ0v) is 19.8. The third-order valence-corrected chi connectivity index (χ3v) is 6.10. The first kappa shape index (κ1) is 22.7. The highest BCUT2D eigenvalue weighted by Crippen LogP contribution is 2.44. The summed E-state index contributed by atoms with van der Waals surface area (Å²) in [6, 6.07) is 21.9. The van der Waals surface area contributed by atoms with Crippen LogP contribution in [0, 0.1) is 0 Å². The summed E-state index contributed by atoms with van der Waals surface area (Å²) >= 11 is 0.